The molecule has 3 unspecified atom stereocenters. The molecule has 2 fully saturated rings. The van der Waals surface area contributed by atoms with Crippen LogP contribution in [-0.2, 0) is 10.0 Å². The summed E-state index contributed by atoms with van der Waals surface area (Å²) < 4.78 is 32.5. The van der Waals surface area contributed by atoms with Crippen molar-refractivity contribution in [2.24, 2.45) is 11.8 Å². The van der Waals surface area contributed by atoms with Gasteiger partial charge in [0.1, 0.15) is 12.4 Å². The minimum absolute atomic E-state index is 0.0325. The highest BCUT2D eigenvalue weighted by molar-refractivity contribution is 7.89. The predicted molar refractivity (Wildman–Crippen MR) is 82.5 cm³/mol. The van der Waals surface area contributed by atoms with Gasteiger partial charge >= 0.3 is 0 Å². The minimum Gasteiger partial charge on any atom is -0.490 e. The lowest BCUT2D eigenvalue weighted by Gasteiger charge is -2.22. The van der Waals surface area contributed by atoms with Crippen molar-refractivity contribution in [2.45, 2.75) is 31.7 Å². The first kappa shape index (κ1) is 14.7. The summed E-state index contributed by atoms with van der Waals surface area (Å²) in [6.45, 7) is 0.115. The van der Waals surface area contributed by atoms with Crippen LogP contribution in [0.4, 0.5) is 5.69 Å². The highest BCUT2D eigenvalue weighted by Crippen LogP contribution is 2.44. The van der Waals surface area contributed by atoms with E-state index < -0.39 is 10.0 Å². The molecule has 2 bridgehead atoms. The Balaban J connectivity index is 1.49. The zero-order valence-electron chi connectivity index (χ0n) is 12.0. The van der Waals surface area contributed by atoms with Gasteiger partial charge in [-0.3, -0.25) is 0 Å². The van der Waals surface area contributed by atoms with Gasteiger partial charge < -0.3 is 10.5 Å². The molecule has 0 amide bonds. The summed E-state index contributed by atoms with van der Waals surface area (Å²) in [5.41, 5.74) is 6.28. The molecular formula is C15H22N2O3S. The number of hydrogen-bond donors (Lipinski definition) is 2. The lowest BCUT2D eigenvalue weighted by Crippen LogP contribution is -2.40. The molecule has 2 aliphatic carbocycles. The van der Waals surface area contributed by atoms with E-state index in [4.69, 9.17) is 10.5 Å². The topological polar surface area (TPSA) is 81.4 Å². The van der Waals surface area contributed by atoms with Crippen molar-refractivity contribution >= 4 is 15.7 Å². The first-order valence-corrected chi connectivity index (χ1v) is 9.16. The van der Waals surface area contributed by atoms with E-state index in [0.717, 1.165) is 18.8 Å². The molecule has 0 saturated heterocycles. The first-order valence-electron chi connectivity index (χ1n) is 7.51. The van der Waals surface area contributed by atoms with Gasteiger partial charge in [-0.05, 0) is 43.2 Å². The normalized spacial score (nSPS) is 27.9. The Labute approximate surface area is 125 Å². The summed E-state index contributed by atoms with van der Waals surface area (Å²) in [5.74, 6) is 1.76. The maximum atomic E-state index is 12.1. The summed E-state index contributed by atoms with van der Waals surface area (Å²) in [5, 5.41) is 0. The second kappa shape index (κ2) is 5.85. The van der Waals surface area contributed by atoms with E-state index in [2.05, 4.69) is 4.72 Å². The molecule has 21 heavy (non-hydrogen) atoms. The number of ether oxygens (including phenoxy) is 1. The van der Waals surface area contributed by atoms with E-state index in [9.17, 15) is 8.42 Å². The van der Waals surface area contributed by atoms with E-state index in [0.29, 0.717) is 17.4 Å². The van der Waals surface area contributed by atoms with Crippen molar-refractivity contribution in [3.8, 4) is 5.75 Å². The molecule has 0 aromatic heterocycles. The Hall–Kier alpha value is -1.27. The van der Waals surface area contributed by atoms with Crippen LogP contribution in [0.5, 0.6) is 5.75 Å². The summed E-state index contributed by atoms with van der Waals surface area (Å²) >= 11 is 0. The molecule has 1 aromatic carbocycles. The Morgan fingerprint density at radius 3 is 2.71 bits per heavy atom. The lowest BCUT2D eigenvalue weighted by molar-refractivity contribution is 0.339. The summed E-state index contributed by atoms with van der Waals surface area (Å²) in [7, 11) is -3.29. The fraction of sp³-hybridized carbons (Fsp3) is 0.600. The van der Waals surface area contributed by atoms with Crippen molar-refractivity contribution in [3.63, 3.8) is 0 Å². The number of benzene rings is 1. The Bertz CT molecular complexity index is 603. The lowest BCUT2D eigenvalue weighted by atomic mass is 9.96. The molecule has 3 N–H and O–H groups in total. The summed E-state index contributed by atoms with van der Waals surface area (Å²) in [4.78, 5) is 0. The molecule has 3 atom stereocenters. The predicted octanol–water partition coefficient (Wildman–Crippen LogP) is 1.76. The maximum Gasteiger partial charge on any atom is 0.215 e. The molecule has 6 heteroatoms. The molecule has 1 aromatic rings. The monoisotopic (exact) mass is 310 g/mol. The van der Waals surface area contributed by atoms with Crippen molar-refractivity contribution in [3.05, 3.63) is 24.3 Å². The Morgan fingerprint density at radius 2 is 2.05 bits per heavy atom. The Kier molecular flexibility index (Phi) is 4.08. The van der Waals surface area contributed by atoms with Crippen molar-refractivity contribution in [1.82, 2.24) is 4.72 Å². The van der Waals surface area contributed by atoms with Crippen molar-refractivity contribution < 1.29 is 13.2 Å². The van der Waals surface area contributed by atoms with Crippen LogP contribution < -0.4 is 15.2 Å². The van der Waals surface area contributed by atoms with Gasteiger partial charge in [0.25, 0.3) is 0 Å². The number of rotatable bonds is 6. The molecule has 0 aliphatic heterocycles. The van der Waals surface area contributed by atoms with Crippen molar-refractivity contribution in [2.75, 3.05) is 18.1 Å². The second-order valence-electron chi connectivity index (χ2n) is 6.10. The molecule has 2 saturated carbocycles. The fourth-order valence-corrected chi connectivity index (χ4v) is 4.72. The number of hydrogen-bond acceptors (Lipinski definition) is 4. The van der Waals surface area contributed by atoms with Gasteiger partial charge in [-0.15, -0.1) is 0 Å². The molecule has 0 spiro atoms. The number of para-hydroxylation sites is 2. The summed E-state index contributed by atoms with van der Waals surface area (Å²) in [6, 6.07) is 7.24. The number of nitrogens with one attached hydrogen (secondary N) is 1. The first-order chi connectivity index (χ1) is 10.0. The smallest absolute Gasteiger partial charge is 0.215 e. The molecule has 3 rings (SSSR count). The van der Waals surface area contributed by atoms with E-state index in [1.54, 1.807) is 12.1 Å². The number of fused-ring (bicyclic) bond motifs is 2. The zero-order valence-corrected chi connectivity index (χ0v) is 12.8. The average molecular weight is 310 g/mol. The fourth-order valence-electron chi connectivity index (χ4n) is 3.55. The van der Waals surface area contributed by atoms with Crippen molar-refractivity contribution in [1.29, 1.82) is 0 Å². The molecule has 0 radical (unpaired) electrons. The van der Waals surface area contributed by atoms with Gasteiger partial charge in [0.15, 0.2) is 0 Å². The van der Waals surface area contributed by atoms with Crippen LogP contribution in [0.2, 0.25) is 0 Å². The van der Waals surface area contributed by atoms with Crippen LogP contribution in [0.25, 0.3) is 0 Å². The van der Waals surface area contributed by atoms with Crippen LogP contribution in [-0.4, -0.2) is 26.8 Å². The van der Waals surface area contributed by atoms with Crippen LogP contribution in [0, 0.1) is 11.8 Å². The SMILES string of the molecule is Nc1ccccc1OCCS(=O)(=O)NC1CC2CCC1C2. The number of nitrogen functional groups attached to an aromatic ring is 1. The van der Waals surface area contributed by atoms with Crippen LogP contribution in [0.1, 0.15) is 25.7 Å². The highest BCUT2D eigenvalue weighted by Gasteiger charge is 2.40. The third-order valence-corrected chi connectivity index (χ3v) is 5.96. The number of sulfonamides is 1. The van der Waals surface area contributed by atoms with Crippen LogP contribution in [0.15, 0.2) is 24.3 Å². The second-order valence-corrected chi connectivity index (χ2v) is 7.98. The van der Waals surface area contributed by atoms with Gasteiger partial charge in [-0.1, -0.05) is 18.6 Å². The summed E-state index contributed by atoms with van der Waals surface area (Å²) in [6.07, 6.45) is 4.61. The molecule has 5 nitrogen and oxygen atoms in total. The van der Waals surface area contributed by atoms with Gasteiger partial charge in [0, 0.05) is 6.04 Å². The third kappa shape index (κ3) is 3.49. The number of anilines is 1. The standard InChI is InChI=1S/C15H22N2O3S/c16-13-3-1-2-4-15(13)20-7-8-21(18,19)17-14-10-11-5-6-12(14)9-11/h1-4,11-12,14,17H,5-10,16H2. The Morgan fingerprint density at radius 1 is 1.24 bits per heavy atom. The molecular weight excluding hydrogens is 288 g/mol. The quantitative estimate of drug-likeness (QED) is 0.784. The minimum atomic E-state index is -3.29. The van der Waals surface area contributed by atoms with E-state index >= 15 is 0 Å². The van der Waals surface area contributed by atoms with Gasteiger partial charge in [0.05, 0.1) is 11.4 Å². The highest BCUT2D eigenvalue weighted by atomic mass is 32.2. The van der Waals surface area contributed by atoms with Gasteiger partial charge in [-0.2, -0.15) is 0 Å². The van der Waals surface area contributed by atoms with E-state index in [-0.39, 0.29) is 18.4 Å². The van der Waals surface area contributed by atoms with Crippen LogP contribution in [0.3, 0.4) is 0 Å². The largest absolute Gasteiger partial charge is 0.490 e. The molecule has 0 heterocycles. The van der Waals surface area contributed by atoms with Crippen LogP contribution >= 0.6 is 0 Å². The maximum absolute atomic E-state index is 12.1. The van der Waals surface area contributed by atoms with Gasteiger partial charge in [0.2, 0.25) is 10.0 Å². The van der Waals surface area contributed by atoms with Gasteiger partial charge in [-0.25, -0.2) is 13.1 Å². The zero-order chi connectivity index (χ0) is 14.9. The molecule has 116 valence electrons. The van der Waals surface area contributed by atoms with E-state index in [1.165, 1.54) is 12.8 Å². The number of nitrogens with two attached hydrogens (primary N) is 1. The molecule has 2 aliphatic rings. The third-order valence-electron chi connectivity index (χ3n) is 4.60. The average Bonchev–Trinajstić information content (AvgIpc) is 3.02. The van der Waals surface area contributed by atoms with E-state index in [1.807, 2.05) is 12.1 Å².